The molecule has 3 aromatic rings. The summed E-state index contributed by atoms with van der Waals surface area (Å²) in [5.41, 5.74) is -1.95. The van der Waals surface area contributed by atoms with Gasteiger partial charge >= 0.3 is 5.69 Å². The van der Waals surface area contributed by atoms with Crippen molar-refractivity contribution in [1.29, 1.82) is 0 Å². The van der Waals surface area contributed by atoms with E-state index in [1.165, 1.54) is 42.4 Å². The van der Waals surface area contributed by atoms with Crippen LogP contribution in [0.2, 0.25) is 0 Å². The molecule has 0 radical (unpaired) electrons. The van der Waals surface area contributed by atoms with E-state index in [9.17, 15) is 14.7 Å². The van der Waals surface area contributed by atoms with Gasteiger partial charge in [-0.25, -0.2) is 9.36 Å². The van der Waals surface area contributed by atoms with Crippen LogP contribution in [-0.2, 0) is 5.54 Å². The fourth-order valence-corrected chi connectivity index (χ4v) is 3.82. The van der Waals surface area contributed by atoms with Crippen molar-refractivity contribution in [3.63, 3.8) is 0 Å². The molecule has 0 unspecified atom stereocenters. The zero-order valence-corrected chi connectivity index (χ0v) is 15.9. The van der Waals surface area contributed by atoms with Gasteiger partial charge in [0, 0.05) is 11.6 Å². The fraction of sp³-hybridized carbons (Fsp3) is 0.438. The normalized spacial score (nSPS) is 13.1. The number of aryl methyl sites for hydroxylation is 1. The molecule has 0 aromatic carbocycles. The van der Waals surface area contributed by atoms with Crippen LogP contribution in [0, 0.1) is 6.92 Å². The van der Waals surface area contributed by atoms with Gasteiger partial charge in [-0.05, 0) is 40.5 Å². The first kappa shape index (κ1) is 18.1. The van der Waals surface area contributed by atoms with Crippen LogP contribution in [0.25, 0.3) is 15.2 Å². The second-order valence-corrected chi connectivity index (χ2v) is 7.71. The highest BCUT2D eigenvalue weighted by molar-refractivity contribution is 7.21. The van der Waals surface area contributed by atoms with Gasteiger partial charge in [0.05, 0.1) is 23.3 Å². The molecule has 1 N–H and O–H groups in total. The Morgan fingerprint density at radius 2 is 1.92 bits per heavy atom. The highest BCUT2D eigenvalue weighted by Gasteiger charge is 2.28. The minimum atomic E-state index is -1.40. The molecule has 0 amide bonds. The minimum Gasteiger partial charge on any atom is -0.860 e. The van der Waals surface area contributed by atoms with Gasteiger partial charge in [-0.15, -0.1) is 4.80 Å². The number of thiophene rings is 1. The second-order valence-electron chi connectivity index (χ2n) is 6.71. The van der Waals surface area contributed by atoms with E-state index in [0.717, 1.165) is 4.57 Å². The number of aromatic nitrogens is 5. The first-order chi connectivity index (χ1) is 12.1. The summed E-state index contributed by atoms with van der Waals surface area (Å²) in [7, 11) is 0. The highest BCUT2D eigenvalue weighted by Crippen LogP contribution is 2.29. The molecule has 0 bridgehead atoms. The van der Waals surface area contributed by atoms with Crippen molar-refractivity contribution in [2.24, 2.45) is 4.99 Å². The van der Waals surface area contributed by atoms with Crippen LogP contribution in [0.5, 0.6) is 0 Å². The molecule has 9 nitrogen and oxygen atoms in total. The number of fused-ring (bicyclic) bond motifs is 1. The Morgan fingerprint density at radius 1 is 1.31 bits per heavy atom. The predicted molar refractivity (Wildman–Crippen MR) is 98.3 cm³/mol. The number of H-pyrrole nitrogens is 1. The summed E-state index contributed by atoms with van der Waals surface area (Å²) in [6.45, 7) is 8.31. The van der Waals surface area contributed by atoms with Crippen LogP contribution in [0.3, 0.4) is 0 Å². The topological polar surface area (TPSA) is 121 Å². The lowest BCUT2D eigenvalue weighted by Gasteiger charge is -2.32. The summed E-state index contributed by atoms with van der Waals surface area (Å²) >= 11 is 1.21. The summed E-state index contributed by atoms with van der Waals surface area (Å²) < 4.78 is 0.934. The molecule has 0 atom stereocenters. The average molecular weight is 375 g/mol. The van der Waals surface area contributed by atoms with Gasteiger partial charge in [-0.2, -0.15) is 10.2 Å². The molecule has 0 saturated heterocycles. The highest BCUT2D eigenvalue weighted by atomic mass is 32.1. The molecule has 0 aliphatic rings. The summed E-state index contributed by atoms with van der Waals surface area (Å²) in [5, 5.41) is 21.6. The molecule has 3 aromatic heterocycles. The molecular formula is C16H19N6O3S-. The Hall–Kier alpha value is -2.75. The van der Waals surface area contributed by atoms with Gasteiger partial charge in [0.15, 0.2) is 0 Å². The van der Waals surface area contributed by atoms with E-state index in [1.54, 1.807) is 20.8 Å². The Kier molecular flexibility index (Phi) is 4.31. The van der Waals surface area contributed by atoms with Gasteiger partial charge in [-0.1, -0.05) is 11.3 Å². The van der Waals surface area contributed by atoms with Crippen LogP contribution in [-0.4, -0.2) is 36.5 Å². The minimum absolute atomic E-state index is 0.235. The standard InChI is InChI=1S/C16H20N6O3S/c1-8(2)19-14(24)16(4,5)21-12(23)10-9(3)13(22-17-6-7-18-22)26-11(10)20-15(21)25/h6-8H,1-5H3,(H,19,24)(H,20,25)/p-1. The third-order valence-corrected chi connectivity index (χ3v) is 5.19. The maximum atomic E-state index is 13.1. The Labute approximate surface area is 152 Å². The number of aliphatic imine (C=N–C) groups is 1. The maximum Gasteiger partial charge on any atom is 0.330 e. The molecule has 138 valence electrons. The summed E-state index contributed by atoms with van der Waals surface area (Å²) in [4.78, 5) is 34.2. The maximum absolute atomic E-state index is 13.1. The quantitative estimate of drug-likeness (QED) is 0.527. The van der Waals surface area contributed by atoms with E-state index >= 15 is 0 Å². The number of aromatic amines is 1. The number of nitrogens with zero attached hydrogens (tertiary/aromatic N) is 5. The molecule has 0 fully saturated rings. The van der Waals surface area contributed by atoms with Gasteiger partial charge < -0.3 is 10.1 Å². The molecule has 0 saturated carbocycles. The molecule has 0 aliphatic heterocycles. The van der Waals surface area contributed by atoms with Crippen molar-refractivity contribution in [2.75, 3.05) is 0 Å². The van der Waals surface area contributed by atoms with Crippen LogP contribution in [0.1, 0.15) is 33.3 Å². The number of hydrogen-bond donors (Lipinski definition) is 1. The second kappa shape index (κ2) is 6.20. The van der Waals surface area contributed by atoms with Crippen LogP contribution >= 0.6 is 11.3 Å². The van der Waals surface area contributed by atoms with Crippen molar-refractivity contribution >= 4 is 27.5 Å². The summed E-state index contributed by atoms with van der Waals surface area (Å²) in [6.07, 6.45) is 3.06. The van der Waals surface area contributed by atoms with E-state index < -0.39 is 22.7 Å². The lowest BCUT2D eigenvalue weighted by Crippen LogP contribution is -2.54. The van der Waals surface area contributed by atoms with Gasteiger partial charge in [0.2, 0.25) is 0 Å². The van der Waals surface area contributed by atoms with E-state index in [1.807, 2.05) is 0 Å². The van der Waals surface area contributed by atoms with Crippen LogP contribution in [0.15, 0.2) is 27.0 Å². The molecule has 26 heavy (non-hydrogen) atoms. The third-order valence-electron chi connectivity index (χ3n) is 4.02. The molecule has 0 aliphatic carbocycles. The summed E-state index contributed by atoms with van der Waals surface area (Å²) in [5.74, 6) is -0.527. The molecule has 3 heterocycles. The lowest BCUT2D eigenvalue weighted by atomic mass is 10.0. The lowest BCUT2D eigenvalue weighted by molar-refractivity contribution is -0.229. The van der Waals surface area contributed by atoms with E-state index in [0.29, 0.717) is 20.8 Å². The Morgan fingerprint density at radius 3 is 2.50 bits per heavy atom. The first-order valence-corrected chi connectivity index (χ1v) is 8.87. The van der Waals surface area contributed by atoms with Crippen molar-refractivity contribution in [1.82, 2.24) is 24.5 Å². The van der Waals surface area contributed by atoms with E-state index in [2.05, 4.69) is 20.2 Å². The van der Waals surface area contributed by atoms with Gasteiger partial charge in [0.1, 0.15) is 9.83 Å². The van der Waals surface area contributed by atoms with Crippen LogP contribution < -0.4 is 16.4 Å². The van der Waals surface area contributed by atoms with Crippen molar-refractivity contribution in [3.8, 4) is 5.00 Å². The molecule has 10 heteroatoms. The molecule has 0 spiro atoms. The van der Waals surface area contributed by atoms with Crippen molar-refractivity contribution in [2.45, 2.75) is 46.2 Å². The zero-order chi connectivity index (χ0) is 19.2. The Balaban J connectivity index is 2.31. The van der Waals surface area contributed by atoms with Gasteiger partial charge in [0.25, 0.3) is 5.56 Å². The van der Waals surface area contributed by atoms with Crippen molar-refractivity contribution < 1.29 is 5.11 Å². The largest absolute Gasteiger partial charge is 0.860 e. The van der Waals surface area contributed by atoms with Crippen LogP contribution in [0.4, 0.5) is 0 Å². The predicted octanol–water partition coefficient (Wildman–Crippen LogP) is 0.543. The monoisotopic (exact) mass is 375 g/mol. The number of rotatable bonds is 4. The molecular weight excluding hydrogens is 356 g/mol. The number of nitrogens with one attached hydrogen (secondary N) is 1. The zero-order valence-electron chi connectivity index (χ0n) is 15.1. The number of hydrogen-bond acceptors (Lipinski definition) is 7. The van der Waals surface area contributed by atoms with Gasteiger partial charge in [-0.3, -0.25) is 9.78 Å². The van der Waals surface area contributed by atoms with E-state index in [4.69, 9.17) is 0 Å². The smallest absolute Gasteiger partial charge is 0.330 e. The van der Waals surface area contributed by atoms with E-state index in [-0.39, 0.29) is 6.04 Å². The summed E-state index contributed by atoms with van der Waals surface area (Å²) in [6, 6.07) is -0.235. The fourth-order valence-electron chi connectivity index (χ4n) is 2.71. The van der Waals surface area contributed by atoms with Crippen molar-refractivity contribution in [3.05, 3.63) is 38.8 Å². The first-order valence-electron chi connectivity index (χ1n) is 8.05. The Bertz CT molecular complexity index is 1100. The average Bonchev–Trinajstić information content (AvgIpc) is 3.14. The molecule has 3 rings (SSSR count). The SMILES string of the molecule is Cc1c(-n2nccn2)sc2[nH]c(=O)n(C(C)(C)C([O-])=NC(C)C)c(=O)c12. The third kappa shape index (κ3) is 2.75.